The van der Waals surface area contributed by atoms with Crippen molar-refractivity contribution in [1.82, 2.24) is 15.7 Å². The summed E-state index contributed by atoms with van der Waals surface area (Å²) in [6, 6.07) is 0.629. The molecule has 3 unspecified atom stereocenters. The number of aliphatic carboxylic acids is 1. The van der Waals surface area contributed by atoms with Crippen LogP contribution in [0.3, 0.4) is 0 Å². The summed E-state index contributed by atoms with van der Waals surface area (Å²) in [6.45, 7) is 2.16. The van der Waals surface area contributed by atoms with E-state index in [1.165, 1.54) is 19.1 Å². The molecule has 1 rings (SSSR count). The Morgan fingerprint density at radius 2 is 1.77 bits per heavy atom. The molecule has 12 nitrogen and oxygen atoms in total. The molecule has 0 aliphatic carbocycles. The molecule has 0 heterocycles. The van der Waals surface area contributed by atoms with E-state index in [9.17, 15) is 44.8 Å². The molecule has 0 bridgehead atoms. The Balaban J connectivity index is 2.83. The van der Waals surface area contributed by atoms with Gasteiger partial charge in [-0.25, -0.2) is 9.86 Å². The Bertz CT molecular complexity index is 797. The standard InChI is InChI=1S/C18H25N3O9/c1-9(22)14(20-16(26)11-5-3-7-13(24)15(11)25)17(27)19-12(18(28)29)6-4-8-21(30)10(2)23/h3,5,7,9,12,14,22,24-25,30H,4,6,8H2,1-2H3,(H,19,27)(H,20,26)(H,28,29). The number of para-hydroxylation sites is 1. The number of nitrogens with one attached hydrogen (secondary N) is 2. The van der Waals surface area contributed by atoms with Gasteiger partial charge in [-0.2, -0.15) is 0 Å². The Hall–Kier alpha value is -3.38. The van der Waals surface area contributed by atoms with E-state index in [2.05, 4.69) is 10.6 Å². The minimum atomic E-state index is -1.56. The fourth-order valence-corrected chi connectivity index (χ4v) is 2.46. The van der Waals surface area contributed by atoms with E-state index in [1.807, 2.05) is 0 Å². The SMILES string of the molecule is CC(=O)N(O)CCCC(NC(=O)C(NC(=O)c1cccc(O)c1O)C(C)O)C(=O)O. The average molecular weight is 427 g/mol. The van der Waals surface area contributed by atoms with Crippen molar-refractivity contribution in [2.45, 2.75) is 44.9 Å². The van der Waals surface area contributed by atoms with Crippen LogP contribution in [0.1, 0.15) is 37.0 Å². The number of aromatic hydroxyl groups is 2. The molecule has 0 aliphatic heterocycles. The molecule has 0 saturated carbocycles. The van der Waals surface area contributed by atoms with Gasteiger partial charge in [0.15, 0.2) is 11.5 Å². The van der Waals surface area contributed by atoms with Gasteiger partial charge in [0.1, 0.15) is 12.1 Å². The van der Waals surface area contributed by atoms with Crippen LogP contribution in [0.5, 0.6) is 11.5 Å². The highest BCUT2D eigenvalue weighted by Crippen LogP contribution is 2.28. The van der Waals surface area contributed by atoms with Crippen LogP contribution in [0, 0.1) is 0 Å². The molecule has 0 spiro atoms. The Morgan fingerprint density at radius 3 is 2.30 bits per heavy atom. The zero-order valence-electron chi connectivity index (χ0n) is 16.4. The van der Waals surface area contributed by atoms with Crippen molar-refractivity contribution < 1.29 is 44.8 Å². The number of phenolic OH excluding ortho intramolecular Hbond substituents is 2. The zero-order chi connectivity index (χ0) is 23.0. The molecular weight excluding hydrogens is 402 g/mol. The first-order valence-electron chi connectivity index (χ1n) is 8.95. The Labute approximate surface area is 171 Å². The van der Waals surface area contributed by atoms with Crippen molar-refractivity contribution in [2.24, 2.45) is 0 Å². The lowest BCUT2D eigenvalue weighted by atomic mass is 10.1. The normalized spacial score (nSPS) is 13.6. The molecule has 166 valence electrons. The molecule has 0 fully saturated rings. The molecule has 7 N–H and O–H groups in total. The van der Waals surface area contributed by atoms with Crippen LogP contribution in [0.25, 0.3) is 0 Å². The molecule has 3 amide bonds. The van der Waals surface area contributed by atoms with Crippen LogP contribution in [-0.4, -0.2) is 79.1 Å². The number of hydrogen-bond donors (Lipinski definition) is 7. The summed E-state index contributed by atoms with van der Waals surface area (Å²) in [5, 5.41) is 52.4. The number of hydroxylamine groups is 2. The number of hydrogen-bond acceptors (Lipinski definition) is 8. The van der Waals surface area contributed by atoms with Gasteiger partial charge in [0.05, 0.1) is 11.7 Å². The third kappa shape index (κ3) is 6.90. The van der Waals surface area contributed by atoms with Gasteiger partial charge in [-0.05, 0) is 31.9 Å². The molecule has 0 saturated heterocycles. The van der Waals surface area contributed by atoms with Gasteiger partial charge in [-0.3, -0.25) is 19.6 Å². The van der Waals surface area contributed by atoms with Gasteiger partial charge in [-0.1, -0.05) is 6.07 Å². The van der Waals surface area contributed by atoms with Gasteiger partial charge in [0.25, 0.3) is 5.91 Å². The summed E-state index contributed by atoms with van der Waals surface area (Å²) in [5.41, 5.74) is -0.351. The largest absolute Gasteiger partial charge is 0.504 e. The van der Waals surface area contributed by atoms with Gasteiger partial charge in [0, 0.05) is 13.5 Å². The molecule has 30 heavy (non-hydrogen) atoms. The summed E-state index contributed by atoms with van der Waals surface area (Å²) in [5.74, 6) is -5.28. The molecule has 1 aromatic rings. The summed E-state index contributed by atoms with van der Waals surface area (Å²) >= 11 is 0. The number of aliphatic hydroxyl groups excluding tert-OH is 1. The lowest BCUT2D eigenvalue weighted by Gasteiger charge is -2.24. The van der Waals surface area contributed by atoms with Crippen LogP contribution >= 0.6 is 0 Å². The first kappa shape index (κ1) is 24.7. The van der Waals surface area contributed by atoms with Crippen LogP contribution in [-0.2, 0) is 14.4 Å². The molecule has 3 atom stereocenters. The van der Waals surface area contributed by atoms with Gasteiger partial charge >= 0.3 is 5.97 Å². The lowest BCUT2D eigenvalue weighted by molar-refractivity contribution is -0.163. The van der Waals surface area contributed by atoms with Crippen LogP contribution in [0.4, 0.5) is 0 Å². The second-order valence-corrected chi connectivity index (χ2v) is 6.55. The Kier molecular flexibility index (Phi) is 9.02. The lowest BCUT2D eigenvalue weighted by Crippen LogP contribution is -2.55. The average Bonchev–Trinajstić information content (AvgIpc) is 2.66. The summed E-state index contributed by atoms with van der Waals surface area (Å²) < 4.78 is 0. The number of carbonyl (C=O) groups excluding carboxylic acids is 3. The highest BCUT2D eigenvalue weighted by molar-refractivity contribution is 6.00. The van der Waals surface area contributed by atoms with E-state index in [1.54, 1.807) is 0 Å². The first-order chi connectivity index (χ1) is 14.0. The molecular formula is C18H25N3O9. The summed E-state index contributed by atoms with van der Waals surface area (Å²) in [7, 11) is 0. The molecule has 1 aromatic carbocycles. The maximum Gasteiger partial charge on any atom is 0.326 e. The predicted molar refractivity (Wildman–Crippen MR) is 101 cm³/mol. The second kappa shape index (κ2) is 11.0. The third-order valence-electron chi connectivity index (χ3n) is 4.15. The van der Waals surface area contributed by atoms with Crippen LogP contribution in [0.2, 0.25) is 0 Å². The van der Waals surface area contributed by atoms with E-state index >= 15 is 0 Å². The van der Waals surface area contributed by atoms with Crippen molar-refractivity contribution in [3.8, 4) is 11.5 Å². The van der Waals surface area contributed by atoms with Gasteiger partial charge in [0.2, 0.25) is 11.8 Å². The fraction of sp³-hybridized carbons (Fsp3) is 0.444. The summed E-state index contributed by atoms with van der Waals surface area (Å²) in [4.78, 5) is 47.1. The highest BCUT2D eigenvalue weighted by Gasteiger charge is 2.30. The quantitative estimate of drug-likeness (QED) is 0.141. The van der Waals surface area contributed by atoms with Crippen LogP contribution < -0.4 is 10.6 Å². The maximum atomic E-state index is 12.4. The minimum Gasteiger partial charge on any atom is -0.504 e. The van der Waals surface area contributed by atoms with Crippen molar-refractivity contribution in [1.29, 1.82) is 0 Å². The number of aliphatic hydroxyl groups is 1. The van der Waals surface area contributed by atoms with Crippen molar-refractivity contribution in [3.63, 3.8) is 0 Å². The monoisotopic (exact) mass is 427 g/mol. The van der Waals surface area contributed by atoms with E-state index < -0.39 is 53.4 Å². The number of carbonyl (C=O) groups is 4. The Morgan fingerprint density at radius 1 is 1.13 bits per heavy atom. The van der Waals surface area contributed by atoms with Crippen molar-refractivity contribution >= 4 is 23.7 Å². The number of amides is 3. The summed E-state index contributed by atoms with van der Waals surface area (Å²) in [6.07, 6.45) is -1.51. The minimum absolute atomic E-state index is 0.0518. The molecule has 12 heteroatoms. The van der Waals surface area contributed by atoms with E-state index in [-0.39, 0.29) is 24.9 Å². The second-order valence-electron chi connectivity index (χ2n) is 6.55. The van der Waals surface area contributed by atoms with Gasteiger partial charge < -0.3 is 31.1 Å². The zero-order valence-corrected chi connectivity index (χ0v) is 16.4. The highest BCUT2D eigenvalue weighted by atomic mass is 16.5. The van der Waals surface area contributed by atoms with E-state index in [0.717, 1.165) is 13.0 Å². The van der Waals surface area contributed by atoms with Crippen LogP contribution in [0.15, 0.2) is 18.2 Å². The number of phenols is 2. The number of benzene rings is 1. The molecule has 0 aromatic heterocycles. The third-order valence-corrected chi connectivity index (χ3v) is 4.15. The topological polar surface area (TPSA) is 197 Å². The first-order valence-corrected chi connectivity index (χ1v) is 8.95. The van der Waals surface area contributed by atoms with Crippen molar-refractivity contribution in [3.05, 3.63) is 23.8 Å². The molecule has 0 aliphatic rings. The number of carboxylic acid groups (broad SMARTS) is 1. The van der Waals surface area contributed by atoms with E-state index in [4.69, 9.17) is 0 Å². The van der Waals surface area contributed by atoms with E-state index in [0.29, 0.717) is 5.06 Å². The maximum absolute atomic E-state index is 12.4. The van der Waals surface area contributed by atoms with Gasteiger partial charge in [-0.15, -0.1) is 0 Å². The number of rotatable bonds is 10. The smallest absolute Gasteiger partial charge is 0.326 e. The molecule has 0 radical (unpaired) electrons. The predicted octanol–water partition coefficient (Wildman–Crippen LogP) is -0.836. The fourth-order valence-electron chi connectivity index (χ4n) is 2.46. The number of carboxylic acids is 1. The van der Waals surface area contributed by atoms with Crippen molar-refractivity contribution in [2.75, 3.05) is 6.54 Å². The number of nitrogens with zero attached hydrogens (tertiary/aromatic N) is 1.